The Morgan fingerprint density at radius 2 is 1.55 bits per heavy atom. The summed E-state index contributed by atoms with van der Waals surface area (Å²) >= 11 is 12.4. The number of benzene rings is 2. The number of rotatable bonds is 7. The van der Waals surface area contributed by atoms with Crippen molar-refractivity contribution in [2.75, 3.05) is 26.2 Å². The van der Waals surface area contributed by atoms with Crippen LogP contribution in [0.25, 0.3) is 0 Å². The molecular weight excluding hydrogens is 453 g/mol. The van der Waals surface area contributed by atoms with Gasteiger partial charge in [0.1, 0.15) is 31.5 Å². The van der Waals surface area contributed by atoms with Gasteiger partial charge in [0.25, 0.3) is 0 Å². The molecule has 172 valence electrons. The second-order valence-electron chi connectivity index (χ2n) is 8.98. The van der Waals surface area contributed by atoms with Gasteiger partial charge in [-0.25, -0.2) is 0 Å². The minimum atomic E-state index is -0.522. The van der Waals surface area contributed by atoms with E-state index < -0.39 is 6.10 Å². The lowest BCUT2D eigenvalue weighted by Gasteiger charge is -2.39. The second kappa shape index (κ2) is 11.8. The summed E-state index contributed by atoms with van der Waals surface area (Å²) in [6, 6.07) is 10.2. The van der Waals surface area contributed by atoms with Crippen LogP contribution in [0.4, 0.5) is 0 Å². The molecule has 3 nitrogen and oxygen atoms in total. The number of halogens is 3. The molecule has 0 aliphatic carbocycles. The van der Waals surface area contributed by atoms with Crippen molar-refractivity contribution in [2.24, 2.45) is 0 Å². The molecule has 1 saturated heterocycles. The molecule has 0 spiro atoms. The molecule has 0 amide bonds. The van der Waals surface area contributed by atoms with E-state index in [0.29, 0.717) is 23.2 Å². The standard InChI is InChI=1S/C25H34Cl2NO2.ClH/c1-18-12-19(2)25(20(3)13-18)30-17-22(29)16-28(10-6-4-5-7-11-28)15-21-8-9-23(26)24(27)14-21;/h8-9,12-14,22,29H,4-7,10-11,15-17H2,1-3H3;1H/q+1;/p-1. The summed E-state index contributed by atoms with van der Waals surface area (Å²) in [7, 11) is 0. The average Bonchev–Trinajstić information content (AvgIpc) is 2.89. The normalized spacial score (nSPS) is 16.8. The van der Waals surface area contributed by atoms with Gasteiger partial charge >= 0.3 is 0 Å². The van der Waals surface area contributed by atoms with Crippen LogP contribution in [0.5, 0.6) is 5.75 Å². The van der Waals surface area contributed by atoms with Crippen molar-refractivity contribution in [1.82, 2.24) is 0 Å². The highest BCUT2D eigenvalue weighted by Crippen LogP contribution is 2.28. The van der Waals surface area contributed by atoms with E-state index in [1.54, 1.807) is 0 Å². The van der Waals surface area contributed by atoms with Gasteiger partial charge in [-0.3, -0.25) is 0 Å². The monoisotopic (exact) mass is 485 g/mol. The van der Waals surface area contributed by atoms with Crippen LogP contribution in [0.3, 0.4) is 0 Å². The molecule has 31 heavy (non-hydrogen) atoms. The van der Waals surface area contributed by atoms with Gasteiger partial charge in [-0.1, -0.05) is 47.0 Å². The van der Waals surface area contributed by atoms with Crippen molar-refractivity contribution in [3.8, 4) is 5.75 Å². The summed E-state index contributed by atoms with van der Waals surface area (Å²) < 4.78 is 6.96. The van der Waals surface area contributed by atoms with Gasteiger partial charge in [0.2, 0.25) is 0 Å². The van der Waals surface area contributed by atoms with Crippen molar-refractivity contribution in [1.29, 1.82) is 0 Å². The molecule has 1 aliphatic rings. The minimum Gasteiger partial charge on any atom is -1.00 e. The maximum absolute atomic E-state index is 10.9. The lowest BCUT2D eigenvalue weighted by atomic mass is 10.1. The summed E-state index contributed by atoms with van der Waals surface area (Å²) in [5.74, 6) is 0.895. The van der Waals surface area contributed by atoms with E-state index in [0.717, 1.165) is 41.0 Å². The molecule has 0 bridgehead atoms. The summed E-state index contributed by atoms with van der Waals surface area (Å²) in [5, 5.41) is 12.1. The zero-order valence-electron chi connectivity index (χ0n) is 18.8. The number of nitrogens with zero attached hydrogens (tertiary/aromatic N) is 1. The fraction of sp³-hybridized carbons (Fsp3) is 0.520. The maximum Gasteiger partial charge on any atom is 0.137 e. The number of hydrogen-bond donors (Lipinski definition) is 1. The Morgan fingerprint density at radius 3 is 2.13 bits per heavy atom. The fourth-order valence-electron chi connectivity index (χ4n) is 4.86. The van der Waals surface area contributed by atoms with Crippen molar-refractivity contribution >= 4 is 23.2 Å². The molecule has 1 aliphatic heterocycles. The predicted molar refractivity (Wildman–Crippen MR) is 126 cm³/mol. The summed E-state index contributed by atoms with van der Waals surface area (Å²) in [4.78, 5) is 0. The fourth-order valence-corrected chi connectivity index (χ4v) is 5.18. The summed E-state index contributed by atoms with van der Waals surface area (Å²) in [6.07, 6.45) is 4.37. The molecule has 0 aromatic heterocycles. The molecule has 0 radical (unpaired) electrons. The van der Waals surface area contributed by atoms with Crippen molar-refractivity contribution in [3.63, 3.8) is 0 Å². The van der Waals surface area contributed by atoms with Gasteiger partial charge in [0, 0.05) is 5.56 Å². The van der Waals surface area contributed by atoms with Crippen molar-refractivity contribution < 1.29 is 26.7 Å². The van der Waals surface area contributed by atoms with E-state index in [1.165, 1.54) is 36.8 Å². The highest BCUT2D eigenvalue weighted by Gasteiger charge is 2.32. The SMILES string of the molecule is Cc1cc(C)c(OCC(O)C[N+]2(Cc3ccc(Cl)c(Cl)c3)CCCCCC2)c(C)c1.[Cl-]. The van der Waals surface area contributed by atoms with Gasteiger partial charge in [-0.15, -0.1) is 0 Å². The molecule has 3 rings (SSSR count). The molecule has 1 unspecified atom stereocenters. The van der Waals surface area contributed by atoms with Gasteiger partial charge in [0.05, 0.1) is 23.1 Å². The Balaban J connectivity index is 0.00000341. The number of aliphatic hydroxyl groups is 1. The van der Waals surface area contributed by atoms with E-state index in [9.17, 15) is 5.11 Å². The molecule has 1 N–H and O–H groups in total. The Hall–Kier alpha value is -0.970. The number of ether oxygens (including phenoxy) is 1. The Labute approximate surface area is 203 Å². The largest absolute Gasteiger partial charge is 1.00 e. The zero-order chi connectivity index (χ0) is 21.7. The number of hydrogen-bond acceptors (Lipinski definition) is 2. The minimum absolute atomic E-state index is 0. The van der Waals surface area contributed by atoms with E-state index in [2.05, 4.69) is 39.0 Å². The molecule has 2 aromatic rings. The summed E-state index contributed by atoms with van der Waals surface area (Å²) in [6.45, 7) is 10.2. The first-order valence-electron chi connectivity index (χ1n) is 11.0. The van der Waals surface area contributed by atoms with Crippen LogP contribution >= 0.6 is 23.2 Å². The molecule has 6 heteroatoms. The van der Waals surface area contributed by atoms with Crippen LogP contribution in [0, 0.1) is 20.8 Å². The average molecular weight is 487 g/mol. The van der Waals surface area contributed by atoms with Crippen LogP contribution in [0.2, 0.25) is 10.0 Å². The maximum atomic E-state index is 10.9. The summed E-state index contributed by atoms with van der Waals surface area (Å²) in [5.41, 5.74) is 4.64. The molecule has 0 saturated carbocycles. The lowest BCUT2D eigenvalue weighted by molar-refractivity contribution is -0.942. The molecule has 1 fully saturated rings. The molecule has 2 aromatic carbocycles. The van der Waals surface area contributed by atoms with Gasteiger partial charge < -0.3 is 26.7 Å². The van der Waals surface area contributed by atoms with Gasteiger partial charge in [-0.05, 0) is 69.7 Å². The zero-order valence-corrected chi connectivity index (χ0v) is 21.0. The topological polar surface area (TPSA) is 29.5 Å². The Kier molecular flexibility index (Phi) is 9.98. The first kappa shape index (κ1) is 26.3. The number of aryl methyl sites for hydroxylation is 3. The van der Waals surface area contributed by atoms with Gasteiger partial charge in [-0.2, -0.15) is 0 Å². The smallest absolute Gasteiger partial charge is 0.137 e. The number of likely N-dealkylation sites (tertiary alicyclic amines) is 1. The van der Waals surface area contributed by atoms with E-state index in [-0.39, 0.29) is 12.4 Å². The molecular formula is C25H34Cl3NO2. The Morgan fingerprint density at radius 1 is 0.935 bits per heavy atom. The highest BCUT2D eigenvalue weighted by atomic mass is 35.5. The van der Waals surface area contributed by atoms with Crippen LogP contribution in [0.1, 0.15) is 47.9 Å². The van der Waals surface area contributed by atoms with Crippen LogP contribution in [0.15, 0.2) is 30.3 Å². The van der Waals surface area contributed by atoms with E-state index in [4.69, 9.17) is 27.9 Å². The lowest BCUT2D eigenvalue weighted by Crippen LogP contribution is -3.00. The first-order chi connectivity index (χ1) is 14.3. The quantitative estimate of drug-likeness (QED) is 0.609. The third-order valence-corrected chi connectivity index (χ3v) is 6.88. The molecule has 1 atom stereocenters. The predicted octanol–water partition coefficient (Wildman–Crippen LogP) is 3.25. The van der Waals surface area contributed by atoms with E-state index in [1.807, 2.05) is 12.1 Å². The number of quaternary nitrogens is 1. The Bertz CT molecular complexity index is 841. The third-order valence-electron chi connectivity index (χ3n) is 6.14. The van der Waals surface area contributed by atoms with Crippen molar-refractivity contribution in [3.05, 3.63) is 62.6 Å². The third kappa shape index (κ3) is 7.27. The first-order valence-corrected chi connectivity index (χ1v) is 11.7. The van der Waals surface area contributed by atoms with Crippen LogP contribution in [-0.2, 0) is 6.54 Å². The van der Waals surface area contributed by atoms with Crippen LogP contribution in [-0.4, -0.2) is 41.9 Å². The van der Waals surface area contributed by atoms with Crippen molar-refractivity contribution in [2.45, 2.75) is 59.1 Å². The second-order valence-corrected chi connectivity index (χ2v) is 9.80. The highest BCUT2D eigenvalue weighted by molar-refractivity contribution is 6.42. The van der Waals surface area contributed by atoms with Crippen LogP contribution < -0.4 is 17.1 Å². The molecule has 1 heterocycles. The number of aliphatic hydroxyl groups excluding tert-OH is 1. The van der Waals surface area contributed by atoms with Gasteiger partial charge in [0.15, 0.2) is 0 Å². The van der Waals surface area contributed by atoms with E-state index >= 15 is 0 Å².